The van der Waals surface area contributed by atoms with E-state index in [0.717, 1.165) is 18.2 Å². The van der Waals surface area contributed by atoms with E-state index in [1.54, 1.807) is 0 Å². The predicted octanol–water partition coefficient (Wildman–Crippen LogP) is 3.41. The third-order valence-corrected chi connectivity index (χ3v) is 4.11. The summed E-state index contributed by atoms with van der Waals surface area (Å²) in [6.45, 7) is 2.12. The number of thioether (sulfide) groups is 1. The van der Waals surface area contributed by atoms with Crippen molar-refractivity contribution in [2.75, 3.05) is 11.1 Å². The van der Waals surface area contributed by atoms with Crippen LogP contribution in [0.15, 0.2) is 18.3 Å². The SMILES string of the molecule is CC1SCCC1Nc1ccc(C(F)(F)F)nc1. The monoisotopic (exact) mass is 262 g/mol. The summed E-state index contributed by atoms with van der Waals surface area (Å²) in [5.41, 5.74) is -0.200. The van der Waals surface area contributed by atoms with Crippen LogP contribution in [0.2, 0.25) is 0 Å². The van der Waals surface area contributed by atoms with E-state index in [4.69, 9.17) is 0 Å². The minimum atomic E-state index is -4.37. The molecule has 6 heteroatoms. The van der Waals surface area contributed by atoms with Gasteiger partial charge in [-0.25, -0.2) is 4.98 Å². The van der Waals surface area contributed by atoms with Gasteiger partial charge < -0.3 is 5.32 Å². The molecule has 0 spiro atoms. The molecule has 2 unspecified atom stereocenters. The quantitative estimate of drug-likeness (QED) is 0.884. The van der Waals surface area contributed by atoms with Gasteiger partial charge in [0.05, 0.1) is 11.9 Å². The first-order chi connectivity index (χ1) is 7.97. The van der Waals surface area contributed by atoms with Crippen molar-refractivity contribution in [1.82, 2.24) is 4.98 Å². The Hall–Kier alpha value is -0.910. The van der Waals surface area contributed by atoms with Gasteiger partial charge in [-0.15, -0.1) is 0 Å². The van der Waals surface area contributed by atoms with Crippen LogP contribution in [0.3, 0.4) is 0 Å². The number of nitrogens with zero attached hydrogens (tertiary/aromatic N) is 1. The molecule has 1 N–H and O–H groups in total. The van der Waals surface area contributed by atoms with E-state index in [2.05, 4.69) is 17.2 Å². The maximum Gasteiger partial charge on any atom is 0.433 e. The summed E-state index contributed by atoms with van der Waals surface area (Å²) in [5.74, 6) is 1.09. The Morgan fingerprint density at radius 1 is 1.41 bits per heavy atom. The van der Waals surface area contributed by atoms with Crippen LogP contribution in [0, 0.1) is 0 Å². The molecular weight excluding hydrogens is 249 g/mol. The van der Waals surface area contributed by atoms with Gasteiger partial charge >= 0.3 is 6.18 Å². The van der Waals surface area contributed by atoms with Crippen molar-refractivity contribution < 1.29 is 13.2 Å². The zero-order valence-corrected chi connectivity index (χ0v) is 10.1. The Balaban J connectivity index is 2.03. The normalized spacial score (nSPS) is 24.9. The average Bonchev–Trinajstić information content (AvgIpc) is 2.64. The second kappa shape index (κ2) is 4.76. The standard InChI is InChI=1S/C11H13F3N2S/c1-7-9(4-5-17-7)16-8-2-3-10(15-6-8)11(12,13)14/h2-3,6-7,9,16H,4-5H2,1H3. The van der Waals surface area contributed by atoms with Crippen molar-refractivity contribution >= 4 is 17.4 Å². The minimum absolute atomic E-state index is 0.318. The number of pyridine rings is 1. The Labute approximate surface area is 102 Å². The molecule has 2 nitrogen and oxygen atoms in total. The fraction of sp³-hybridized carbons (Fsp3) is 0.545. The Bertz CT molecular complexity index is 377. The summed E-state index contributed by atoms with van der Waals surface area (Å²) in [6.07, 6.45) is -2.08. The largest absolute Gasteiger partial charge is 0.433 e. The van der Waals surface area contributed by atoms with Crippen LogP contribution >= 0.6 is 11.8 Å². The van der Waals surface area contributed by atoms with E-state index in [9.17, 15) is 13.2 Å². The highest BCUT2D eigenvalue weighted by atomic mass is 32.2. The number of anilines is 1. The molecule has 17 heavy (non-hydrogen) atoms. The lowest BCUT2D eigenvalue weighted by molar-refractivity contribution is -0.141. The van der Waals surface area contributed by atoms with E-state index in [0.29, 0.717) is 17.0 Å². The highest BCUT2D eigenvalue weighted by molar-refractivity contribution is 8.00. The molecule has 1 aromatic heterocycles. The smallest absolute Gasteiger partial charge is 0.380 e. The summed E-state index contributed by atoms with van der Waals surface area (Å²) in [7, 11) is 0. The lowest BCUT2D eigenvalue weighted by atomic mass is 10.1. The molecular formula is C11H13F3N2S. The molecule has 0 aromatic carbocycles. The molecule has 0 saturated carbocycles. The molecule has 0 amide bonds. The van der Waals surface area contributed by atoms with Gasteiger partial charge in [0.2, 0.25) is 0 Å². The molecule has 2 rings (SSSR count). The summed E-state index contributed by atoms with van der Waals surface area (Å²) >= 11 is 1.87. The molecule has 1 fully saturated rings. The van der Waals surface area contributed by atoms with Crippen molar-refractivity contribution in [3.8, 4) is 0 Å². The van der Waals surface area contributed by atoms with Gasteiger partial charge in [0, 0.05) is 11.3 Å². The number of alkyl halides is 3. The third kappa shape index (κ3) is 3.06. The first-order valence-corrected chi connectivity index (χ1v) is 6.43. The second-order valence-corrected chi connectivity index (χ2v) is 5.53. The zero-order chi connectivity index (χ0) is 12.5. The van der Waals surface area contributed by atoms with Gasteiger partial charge in [0.15, 0.2) is 0 Å². The first kappa shape index (κ1) is 12.5. The number of hydrogen-bond acceptors (Lipinski definition) is 3. The molecule has 0 bridgehead atoms. The van der Waals surface area contributed by atoms with Crippen LogP contribution in [0.5, 0.6) is 0 Å². The molecule has 2 atom stereocenters. The van der Waals surface area contributed by atoms with Crippen molar-refractivity contribution in [3.05, 3.63) is 24.0 Å². The number of rotatable bonds is 2. The molecule has 1 aromatic rings. The summed E-state index contributed by atoms with van der Waals surface area (Å²) in [6, 6.07) is 2.76. The number of halogens is 3. The predicted molar refractivity (Wildman–Crippen MR) is 63.2 cm³/mol. The van der Waals surface area contributed by atoms with E-state index >= 15 is 0 Å². The van der Waals surface area contributed by atoms with Crippen LogP contribution in [0.25, 0.3) is 0 Å². The molecule has 94 valence electrons. The summed E-state index contributed by atoms with van der Waals surface area (Å²) in [5, 5.41) is 3.70. The topological polar surface area (TPSA) is 24.9 Å². The van der Waals surface area contributed by atoms with Crippen molar-refractivity contribution in [1.29, 1.82) is 0 Å². The van der Waals surface area contributed by atoms with Crippen LogP contribution in [-0.4, -0.2) is 22.0 Å². The zero-order valence-electron chi connectivity index (χ0n) is 9.29. The minimum Gasteiger partial charge on any atom is -0.380 e. The van der Waals surface area contributed by atoms with Gasteiger partial charge in [-0.1, -0.05) is 6.92 Å². The van der Waals surface area contributed by atoms with Crippen molar-refractivity contribution in [2.24, 2.45) is 0 Å². The number of nitrogens with one attached hydrogen (secondary N) is 1. The maximum absolute atomic E-state index is 12.3. The highest BCUT2D eigenvalue weighted by Gasteiger charge is 2.32. The third-order valence-electron chi connectivity index (χ3n) is 2.78. The summed E-state index contributed by atoms with van der Waals surface area (Å²) in [4.78, 5) is 3.42. The van der Waals surface area contributed by atoms with Crippen LogP contribution < -0.4 is 5.32 Å². The Morgan fingerprint density at radius 2 is 2.18 bits per heavy atom. The van der Waals surface area contributed by atoms with Crippen molar-refractivity contribution in [3.63, 3.8) is 0 Å². The van der Waals surface area contributed by atoms with E-state index in [1.165, 1.54) is 12.3 Å². The maximum atomic E-state index is 12.3. The van der Waals surface area contributed by atoms with Gasteiger partial charge in [0.1, 0.15) is 5.69 Å². The lowest BCUT2D eigenvalue weighted by Gasteiger charge is -2.17. The fourth-order valence-electron chi connectivity index (χ4n) is 1.78. The Morgan fingerprint density at radius 3 is 2.65 bits per heavy atom. The van der Waals surface area contributed by atoms with Gasteiger partial charge in [0.25, 0.3) is 0 Å². The van der Waals surface area contributed by atoms with Crippen LogP contribution in [0.4, 0.5) is 18.9 Å². The lowest BCUT2D eigenvalue weighted by Crippen LogP contribution is -2.24. The van der Waals surface area contributed by atoms with Crippen LogP contribution in [-0.2, 0) is 6.18 Å². The van der Waals surface area contributed by atoms with Gasteiger partial charge in [-0.3, -0.25) is 0 Å². The fourth-order valence-corrected chi connectivity index (χ4v) is 2.98. The molecule has 0 aliphatic carbocycles. The van der Waals surface area contributed by atoms with E-state index in [-0.39, 0.29) is 0 Å². The molecule has 1 aliphatic rings. The van der Waals surface area contributed by atoms with Gasteiger partial charge in [-0.2, -0.15) is 24.9 Å². The average molecular weight is 262 g/mol. The number of hydrogen-bond donors (Lipinski definition) is 1. The Kier molecular flexibility index (Phi) is 3.51. The second-order valence-electron chi connectivity index (χ2n) is 4.05. The number of aromatic nitrogens is 1. The molecule has 1 aliphatic heterocycles. The van der Waals surface area contributed by atoms with E-state index < -0.39 is 11.9 Å². The van der Waals surface area contributed by atoms with Gasteiger partial charge in [-0.05, 0) is 24.3 Å². The first-order valence-electron chi connectivity index (χ1n) is 5.38. The molecule has 1 saturated heterocycles. The van der Waals surface area contributed by atoms with E-state index in [1.807, 2.05) is 11.8 Å². The molecule has 2 heterocycles. The summed E-state index contributed by atoms with van der Waals surface area (Å²) < 4.78 is 36.9. The van der Waals surface area contributed by atoms with Crippen LogP contribution in [0.1, 0.15) is 19.0 Å². The molecule has 0 radical (unpaired) electrons. The van der Waals surface area contributed by atoms with Crippen molar-refractivity contribution in [2.45, 2.75) is 30.8 Å². The highest BCUT2D eigenvalue weighted by Crippen LogP contribution is 2.30.